The first kappa shape index (κ1) is 19.4. The average molecular weight is 399 g/mol. The number of nitrogens with one attached hydrogen (secondary N) is 2. The smallest absolute Gasteiger partial charge is 0.272 e. The van der Waals surface area contributed by atoms with E-state index in [1.807, 2.05) is 42.5 Å². The Morgan fingerprint density at radius 1 is 1.30 bits per heavy atom. The summed E-state index contributed by atoms with van der Waals surface area (Å²) in [5, 5.41) is 9.78. The summed E-state index contributed by atoms with van der Waals surface area (Å²) in [6.07, 6.45) is 8.42. The number of nitrogens with zero attached hydrogens (tertiary/aromatic N) is 3. The van der Waals surface area contributed by atoms with Crippen molar-refractivity contribution < 1.29 is 9.59 Å². The molecule has 0 saturated heterocycles. The molecule has 3 aromatic rings. The maximum atomic E-state index is 13.0. The molecule has 2 N–H and O–H groups in total. The van der Waals surface area contributed by atoms with Crippen molar-refractivity contribution in [2.75, 3.05) is 11.9 Å². The van der Waals surface area contributed by atoms with Crippen LogP contribution in [0.2, 0.25) is 0 Å². The molecule has 0 aliphatic carbocycles. The molecule has 3 heterocycles. The third-order valence-electron chi connectivity index (χ3n) is 5.23. The van der Waals surface area contributed by atoms with Crippen LogP contribution in [-0.2, 0) is 17.6 Å². The molecule has 0 fully saturated rings. The quantitative estimate of drug-likeness (QED) is 0.656. The Kier molecular flexibility index (Phi) is 5.31. The van der Waals surface area contributed by atoms with Gasteiger partial charge in [-0.3, -0.25) is 19.6 Å². The highest BCUT2D eigenvalue weighted by molar-refractivity contribution is 6.02. The molecule has 1 aliphatic rings. The molecule has 0 bridgehead atoms. The van der Waals surface area contributed by atoms with Crippen molar-refractivity contribution in [2.45, 2.75) is 18.9 Å². The van der Waals surface area contributed by atoms with E-state index in [9.17, 15) is 9.59 Å². The number of benzene rings is 1. The van der Waals surface area contributed by atoms with Crippen LogP contribution in [-0.4, -0.2) is 40.1 Å². The van der Waals surface area contributed by atoms with Crippen LogP contribution >= 0.6 is 0 Å². The van der Waals surface area contributed by atoms with Crippen LogP contribution in [0.1, 0.15) is 27.3 Å². The lowest BCUT2D eigenvalue weighted by Gasteiger charge is -2.23. The number of H-pyrrole nitrogens is 1. The van der Waals surface area contributed by atoms with Gasteiger partial charge in [0.2, 0.25) is 0 Å². The van der Waals surface area contributed by atoms with E-state index in [0.29, 0.717) is 18.7 Å². The number of rotatable bonds is 4. The Labute approximate surface area is 174 Å². The lowest BCUT2D eigenvalue weighted by Crippen LogP contribution is -2.50. The maximum Gasteiger partial charge on any atom is 0.272 e. The van der Waals surface area contributed by atoms with E-state index in [-0.39, 0.29) is 11.6 Å². The molecule has 1 aliphatic heterocycles. The molecule has 0 spiro atoms. The molecule has 7 heteroatoms. The first-order valence-electron chi connectivity index (χ1n) is 9.63. The summed E-state index contributed by atoms with van der Waals surface area (Å²) in [5.41, 5.74) is 3.00. The topological polar surface area (TPSA) is 91.0 Å². The molecule has 4 rings (SSSR count). The lowest BCUT2D eigenvalue weighted by molar-refractivity contribution is -0.120. The van der Waals surface area contributed by atoms with Gasteiger partial charge < -0.3 is 5.32 Å². The fraction of sp³-hybridized carbons (Fsp3) is 0.217. The minimum atomic E-state index is -0.865. The summed E-state index contributed by atoms with van der Waals surface area (Å²) in [5.74, 6) is 1.98. The third-order valence-corrected chi connectivity index (χ3v) is 5.23. The summed E-state index contributed by atoms with van der Waals surface area (Å²) in [7, 11) is 1.64. The van der Waals surface area contributed by atoms with Crippen molar-refractivity contribution >= 4 is 17.6 Å². The van der Waals surface area contributed by atoms with Gasteiger partial charge >= 0.3 is 0 Å². The molecule has 2 amide bonds. The fourth-order valence-electron chi connectivity index (χ4n) is 3.65. The zero-order chi connectivity index (χ0) is 21.1. The monoisotopic (exact) mass is 399 g/mol. The van der Waals surface area contributed by atoms with Gasteiger partial charge in [0.15, 0.2) is 0 Å². The number of aromatic amines is 1. The molecule has 7 nitrogen and oxygen atoms in total. The summed E-state index contributed by atoms with van der Waals surface area (Å²) in [6.45, 7) is 0. The number of hydrogen-bond donors (Lipinski definition) is 2. The van der Waals surface area contributed by atoms with Crippen LogP contribution in [0.4, 0.5) is 5.82 Å². The normalized spacial score (nSPS) is 18.3. The molecule has 0 radical (unpaired) electrons. The third kappa shape index (κ3) is 3.80. The van der Waals surface area contributed by atoms with Crippen molar-refractivity contribution in [3.63, 3.8) is 0 Å². The Morgan fingerprint density at radius 3 is 2.87 bits per heavy atom. The number of fused-ring (bicyclic) bond motifs is 1. The molecular weight excluding hydrogens is 378 g/mol. The second-order valence-corrected chi connectivity index (χ2v) is 7.25. The van der Waals surface area contributed by atoms with E-state index < -0.39 is 17.9 Å². The standard InChI is InChI=1S/C23H21N5O2/c1-3-16-13-17-10-7-11-24-21(17)28(2)23(30)20(16)25-22(29)19-14-18(26-27-19)12-15-8-5-4-6-9-15/h1,4-11,14,16,20H,12-13H2,2H3,(H,25,29)(H,26,27)/t16-,20-/m1/s1. The fourth-order valence-corrected chi connectivity index (χ4v) is 3.65. The zero-order valence-corrected chi connectivity index (χ0v) is 16.5. The summed E-state index contributed by atoms with van der Waals surface area (Å²) < 4.78 is 0. The Hall–Kier alpha value is -3.92. The first-order chi connectivity index (χ1) is 14.6. The molecule has 2 atom stereocenters. The van der Waals surface area contributed by atoms with E-state index >= 15 is 0 Å². The van der Waals surface area contributed by atoms with Crippen molar-refractivity contribution in [3.05, 3.63) is 77.2 Å². The second kappa shape index (κ2) is 8.21. The van der Waals surface area contributed by atoms with Crippen LogP contribution in [0.25, 0.3) is 0 Å². The minimum absolute atomic E-state index is 0.215. The second-order valence-electron chi connectivity index (χ2n) is 7.25. The summed E-state index contributed by atoms with van der Waals surface area (Å²) in [4.78, 5) is 31.6. The number of carbonyl (C=O) groups is 2. The molecule has 0 unspecified atom stereocenters. The van der Waals surface area contributed by atoms with E-state index in [4.69, 9.17) is 6.42 Å². The number of aromatic nitrogens is 3. The van der Waals surface area contributed by atoms with Gasteiger partial charge in [0, 0.05) is 25.4 Å². The zero-order valence-electron chi connectivity index (χ0n) is 16.5. The highest BCUT2D eigenvalue weighted by Crippen LogP contribution is 2.26. The van der Waals surface area contributed by atoms with Gasteiger partial charge in [-0.15, -0.1) is 12.3 Å². The number of amides is 2. The molecule has 30 heavy (non-hydrogen) atoms. The predicted molar refractivity (Wildman–Crippen MR) is 113 cm³/mol. The van der Waals surface area contributed by atoms with Crippen LogP contribution in [0.3, 0.4) is 0 Å². The number of carbonyl (C=O) groups excluding carboxylic acids is 2. The molecular formula is C23H21N5O2. The van der Waals surface area contributed by atoms with Crippen LogP contribution in [0.5, 0.6) is 0 Å². The van der Waals surface area contributed by atoms with Gasteiger partial charge in [0.25, 0.3) is 11.8 Å². The highest BCUT2D eigenvalue weighted by Gasteiger charge is 2.36. The van der Waals surface area contributed by atoms with Gasteiger partial charge in [-0.1, -0.05) is 36.4 Å². The maximum absolute atomic E-state index is 13.0. The molecule has 1 aromatic carbocycles. The van der Waals surface area contributed by atoms with E-state index in [1.165, 1.54) is 4.90 Å². The van der Waals surface area contributed by atoms with Gasteiger partial charge in [0.05, 0.1) is 5.92 Å². The molecule has 0 saturated carbocycles. The Balaban J connectivity index is 1.52. The van der Waals surface area contributed by atoms with Crippen molar-refractivity contribution in [1.82, 2.24) is 20.5 Å². The molecule has 2 aromatic heterocycles. The summed E-state index contributed by atoms with van der Waals surface area (Å²) >= 11 is 0. The number of hydrogen-bond acceptors (Lipinski definition) is 4. The van der Waals surface area contributed by atoms with Crippen LogP contribution in [0, 0.1) is 18.3 Å². The van der Waals surface area contributed by atoms with Crippen molar-refractivity contribution in [3.8, 4) is 12.3 Å². The molecule has 150 valence electrons. The average Bonchev–Trinajstić information content (AvgIpc) is 3.21. The Morgan fingerprint density at radius 2 is 2.10 bits per heavy atom. The van der Waals surface area contributed by atoms with E-state index in [2.05, 4.69) is 26.4 Å². The van der Waals surface area contributed by atoms with E-state index in [0.717, 1.165) is 16.8 Å². The SMILES string of the molecule is C#C[C@@H]1Cc2cccnc2N(C)C(=O)[C@@H]1NC(=O)c1cc(Cc2ccccc2)[nH]n1. The van der Waals surface area contributed by atoms with Crippen LogP contribution in [0.15, 0.2) is 54.7 Å². The minimum Gasteiger partial charge on any atom is -0.338 e. The largest absolute Gasteiger partial charge is 0.338 e. The van der Waals surface area contributed by atoms with Gasteiger partial charge in [-0.2, -0.15) is 5.10 Å². The number of terminal acetylenes is 1. The van der Waals surface area contributed by atoms with Crippen molar-refractivity contribution in [2.24, 2.45) is 5.92 Å². The first-order valence-corrected chi connectivity index (χ1v) is 9.63. The van der Waals surface area contributed by atoms with Gasteiger partial charge in [-0.05, 0) is 29.7 Å². The summed E-state index contributed by atoms with van der Waals surface area (Å²) in [6, 6.07) is 14.4. The predicted octanol–water partition coefficient (Wildman–Crippen LogP) is 1.96. The number of anilines is 1. The number of pyridine rings is 1. The highest BCUT2D eigenvalue weighted by atomic mass is 16.2. The van der Waals surface area contributed by atoms with Crippen LogP contribution < -0.4 is 10.2 Å². The van der Waals surface area contributed by atoms with Gasteiger partial charge in [0.1, 0.15) is 17.6 Å². The van der Waals surface area contributed by atoms with Gasteiger partial charge in [-0.25, -0.2) is 4.98 Å². The Bertz CT molecular complexity index is 1120. The van der Waals surface area contributed by atoms with Crippen molar-refractivity contribution in [1.29, 1.82) is 0 Å². The lowest BCUT2D eigenvalue weighted by atomic mass is 9.94. The van der Waals surface area contributed by atoms with E-state index in [1.54, 1.807) is 19.3 Å². The number of likely N-dealkylation sites (N-methyl/N-ethyl adjacent to an activating group) is 1.